The smallest absolute Gasteiger partial charge is 0.238 e. The molecule has 2 amide bonds. The van der Waals surface area contributed by atoms with Crippen LogP contribution in [0.15, 0.2) is 48.7 Å². The molecule has 3 aliphatic heterocycles. The van der Waals surface area contributed by atoms with Crippen LogP contribution < -0.4 is 4.90 Å². The molecule has 2 unspecified atom stereocenters. The molecule has 2 saturated heterocycles. The van der Waals surface area contributed by atoms with Crippen molar-refractivity contribution in [2.75, 3.05) is 31.1 Å². The molecule has 1 aromatic heterocycles. The number of para-hydroxylation sites is 1. The molecule has 0 radical (unpaired) electrons. The standard InChI is InChI=1S/C31H40N4O3/c1-30(2,21-36)28(37)34-17-13-31(20-27(34)25-11-6-7-14-32-25)24-10-4-5-12-26(24)35(29(31)38)23-18-22(19-23)33-15-8-3-9-16-33/h4-7,10-12,14,22-23,27,36H,3,8-9,13,15-21H2,1-2H3. The lowest BCUT2D eigenvalue weighted by Gasteiger charge is -2.49. The van der Waals surface area contributed by atoms with Gasteiger partial charge in [-0.1, -0.05) is 30.7 Å². The molecule has 4 aliphatic rings. The monoisotopic (exact) mass is 516 g/mol. The Balaban J connectivity index is 1.31. The van der Waals surface area contributed by atoms with Crippen molar-refractivity contribution in [3.8, 4) is 0 Å². The van der Waals surface area contributed by atoms with Gasteiger partial charge < -0.3 is 19.8 Å². The Kier molecular flexibility index (Phi) is 6.55. The summed E-state index contributed by atoms with van der Waals surface area (Å²) in [5.74, 6) is 0.0969. The van der Waals surface area contributed by atoms with Crippen LogP contribution >= 0.6 is 0 Å². The van der Waals surface area contributed by atoms with Gasteiger partial charge in [0, 0.05) is 30.5 Å². The largest absolute Gasteiger partial charge is 0.395 e. The van der Waals surface area contributed by atoms with Crippen molar-refractivity contribution in [1.82, 2.24) is 14.8 Å². The maximum absolute atomic E-state index is 14.5. The fourth-order valence-electron chi connectivity index (χ4n) is 7.24. The molecule has 3 fully saturated rings. The second-order valence-corrected chi connectivity index (χ2v) is 12.4. The van der Waals surface area contributed by atoms with Gasteiger partial charge in [0.1, 0.15) is 0 Å². The number of likely N-dealkylation sites (tertiary alicyclic amines) is 2. The average Bonchev–Trinajstić information content (AvgIpc) is 3.16. The van der Waals surface area contributed by atoms with Gasteiger partial charge in [-0.3, -0.25) is 14.6 Å². The van der Waals surface area contributed by atoms with Crippen molar-refractivity contribution in [3.05, 3.63) is 59.9 Å². The van der Waals surface area contributed by atoms with E-state index in [0.29, 0.717) is 25.4 Å². The third-order valence-corrected chi connectivity index (χ3v) is 9.63. The Labute approximate surface area is 225 Å². The number of anilines is 1. The Morgan fingerprint density at radius 2 is 1.76 bits per heavy atom. The normalized spacial score (nSPS) is 29.9. The molecule has 0 bridgehead atoms. The topological polar surface area (TPSA) is 77.0 Å². The first-order valence-corrected chi connectivity index (χ1v) is 14.4. The number of aromatic nitrogens is 1. The second kappa shape index (κ2) is 9.76. The van der Waals surface area contributed by atoms with E-state index in [0.717, 1.165) is 29.8 Å². The number of hydrogen-bond donors (Lipinski definition) is 1. The predicted molar refractivity (Wildman–Crippen MR) is 147 cm³/mol. The SMILES string of the molecule is CC(C)(CO)C(=O)N1CCC2(CC1c1ccccn1)C(=O)N(C1CC(N3CCCCC3)C1)c1ccccc12. The zero-order valence-electron chi connectivity index (χ0n) is 22.7. The average molecular weight is 517 g/mol. The van der Waals surface area contributed by atoms with E-state index in [-0.39, 0.29) is 30.5 Å². The third kappa shape index (κ3) is 4.06. The van der Waals surface area contributed by atoms with Crippen molar-refractivity contribution in [1.29, 1.82) is 0 Å². The van der Waals surface area contributed by atoms with E-state index in [2.05, 4.69) is 26.9 Å². The van der Waals surface area contributed by atoms with Crippen LogP contribution in [0.25, 0.3) is 0 Å². The van der Waals surface area contributed by atoms with E-state index in [1.54, 1.807) is 20.0 Å². The molecule has 38 heavy (non-hydrogen) atoms. The Morgan fingerprint density at radius 3 is 2.47 bits per heavy atom. The quantitative estimate of drug-likeness (QED) is 0.649. The number of nitrogens with zero attached hydrogens (tertiary/aromatic N) is 4. The first-order valence-electron chi connectivity index (χ1n) is 14.4. The molecule has 1 saturated carbocycles. The zero-order valence-corrected chi connectivity index (χ0v) is 22.7. The molecule has 4 heterocycles. The van der Waals surface area contributed by atoms with Crippen molar-refractivity contribution in [2.24, 2.45) is 5.41 Å². The summed E-state index contributed by atoms with van der Waals surface area (Å²) in [6.45, 7) is 6.16. The lowest BCUT2D eigenvalue weighted by Crippen LogP contribution is -2.59. The van der Waals surface area contributed by atoms with Crippen LogP contribution in [0.5, 0.6) is 0 Å². The van der Waals surface area contributed by atoms with Crippen LogP contribution in [0.4, 0.5) is 5.69 Å². The minimum atomic E-state index is -0.892. The predicted octanol–water partition coefficient (Wildman–Crippen LogP) is 4.07. The van der Waals surface area contributed by atoms with Crippen LogP contribution in [-0.4, -0.2) is 70.0 Å². The van der Waals surface area contributed by atoms with E-state index in [1.807, 2.05) is 35.2 Å². The van der Waals surface area contributed by atoms with Gasteiger partial charge >= 0.3 is 0 Å². The molecule has 2 aromatic rings. The fourth-order valence-corrected chi connectivity index (χ4v) is 7.24. The van der Waals surface area contributed by atoms with Gasteiger partial charge in [-0.15, -0.1) is 0 Å². The number of amides is 2. The Morgan fingerprint density at radius 1 is 1.03 bits per heavy atom. The zero-order chi connectivity index (χ0) is 26.5. The van der Waals surface area contributed by atoms with Gasteiger partial charge in [-0.2, -0.15) is 0 Å². The van der Waals surface area contributed by atoms with E-state index in [4.69, 9.17) is 0 Å². The molecule has 6 rings (SSSR count). The number of carbonyl (C=O) groups is 2. The number of aliphatic hydroxyl groups is 1. The lowest BCUT2D eigenvalue weighted by atomic mass is 9.69. The molecular weight excluding hydrogens is 476 g/mol. The van der Waals surface area contributed by atoms with Crippen LogP contribution in [-0.2, 0) is 15.0 Å². The van der Waals surface area contributed by atoms with E-state index in [1.165, 1.54) is 32.4 Å². The molecule has 7 heteroatoms. The first kappa shape index (κ1) is 25.5. The summed E-state index contributed by atoms with van der Waals surface area (Å²) in [4.78, 5) is 39.4. The molecule has 2 atom stereocenters. The van der Waals surface area contributed by atoms with Gasteiger partial charge in [-0.05, 0) is 89.2 Å². The van der Waals surface area contributed by atoms with Gasteiger partial charge in [0.15, 0.2) is 0 Å². The van der Waals surface area contributed by atoms with Crippen LogP contribution in [0.1, 0.15) is 76.1 Å². The number of carbonyl (C=O) groups excluding carboxylic acids is 2. The summed E-state index contributed by atoms with van der Waals surface area (Å²) in [6, 6.07) is 14.6. The van der Waals surface area contributed by atoms with Crippen LogP contribution in [0.2, 0.25) is 0 Å². The van der Waals surface area contributed by atoms with E-state index < -0.39 is 10.8 Å². The molecule has 1 spiro atoms. The molecule has 1 aromatic carbocycles. The Hall–Kier alpha value is -2.77. The highest BCUT2D eigenvalue weighted by Gasteiger charge is 2.58. The molecule has 7 nitrogen and oxygen atoms in total. The maximum Gasteiger partial charge on any atom is 0.238 e. The number of hydrogen-bond acceptors (Lipinski definition) is 5. The number of fused-ring (bicyclic) bond motifs is 2. The number of aliphatic hydroxyl groups excluding tert-OH is 1. The van der Waals surface area contributed by atoms with Gasteiger partial charge in [0.05, 0.1) is 29.2 Å². The minimum absolute atomic E-state index is 0.0931. The van der Waals surface area contributed by atoms with Gasteiger partial charge in [-0.25, -0.2) is 0 Å². The van der Waals surface area contributed by atoms with Crippen molar-refractivity contribution in [2.45, 2.75) is 82.3 Å². The molecule has 1 N–H and O–H groups in total. The molecule has 202 valence electrons. The number of rotatable bonds is 5. The second-order valence-electron chi connectivity index (χ2n) is 12.4. The molecule has 1 aliphatic carbocycles. The first-order chi connectivity index (χ1) is 18.4. The molecular formula is C31H40N4O3. The summed E-state index contributed by atoms with van der Waals surface area (Å²) in [6.07, 6.45) is 8.82. The van der Waals surface area contributed by atoms with Gasteiger partial charge in [0.2, 0.25) is 11.8 Å². The number of pyridine rings is 1. The summed E-state index contributed by atoms with van der Waals surface area (Å²) < 4.78 is 0. The number of benzene rings is 1. The van der Waals surface area contributed by atoms with Crippen molar-refractivity contribution >= 4 is 17.5 Å². The van der Waals surface area contributed by atoms with Crippen molar-refractivity contribution < 1.29 is 14.7 Å². The fraction of sp³-hybridized carbons (Fsp3) is 0.581. The van der Waals surface area contributed by atoms with Gasteiger partial charge in [0.25, 0.3) is 0 Å². The Bertz CT molecular complexity index is 1190. The summed E-state index contributed by atoms with van der Waals surface area (Å²) in [5.41, 5.74) is 1.38. The highest BCUT2D eigenvalue weighted by Crippen LogP contribution is 2.54. The third-order valence-electron chi connectivity index (χ3n) is 9.63. The maximum atomic E-state index is 14.5. The van der Waals surface area contributed by atoms with Crippen molar-refractivity contribution in [3.63, 3.8) is 0 Å². The van der Waals surface area contributed by atoms with E-state index in [9.17, 15) is 14.7 Å². The highest BCUT2D eigenvalue weighted by atomic mass is 16.3. The van der Waals surface area contributed by atoms with Crippen LogP contribution in [0, 0.1) is 5.41 Å². The lowest BCUT2D eigenvalue weighted by molar-refractivity contribution is -0.149. The minimum Gasteiger partial charge on any atom is -0.395 e. The summed E-state index contributed by atoms with van der Waals surface area (Å²) in [7, 11) is 0. The summed E-state index contributed by atoms with van der Waals surface area (Å²) in [5, 5.41) is 9.95. The summed E-state index contributed by atoms with van der Waals surface area (Å²) >= 11 is 0. The van der Waals surface area contributed by atoms with Crippen LogP contribution in [0.3, 0.4) is 0 Å². The highest BCUT2D eigenvalue weighted by molar-refractivity contribution is 6.09. The van der Waals surface area contributed by atoms with E-state index >= 15 is 0 Å². The number of piperidine rings is 2.